The maximum atomic E-state index is 10.1. The molecule has 5 rings (SSSR count). The third kappa shape index (κ3) is 2.23. The molecular weight excluding hydrogens is 328 g/mol. The number of fused-ring (bicyclic) bond motifs is 2. The first-order chi connectivity index (χ1) is 12.7. The lowest BCUT2D eigenvalue weighted by Gasteiger charge is -2.26. The number of hydrogen-bond acceptors (Lipinski definition) is 6. The third-order valence-electron chi connectivity index (χ3n) is 6.16. The summed E-state index contributed by atoms with van der Waals surface area (Å²) in [5, 5.41) is 15.4. The molecule has 1 saturated heterocycles. The van der Waals surface area contributed by atoms with Crippen LogP contribution >= 0.6 is 0 Å². The lowest BCUT2D eigenvalue weighted by atomic mass is 9.82. The van der Waals surface area contributed by atoms with Gasteiger partial charge in [-0.05, 0) is 30.9 Å². The number of anilines is 1. The van der Waals surface area contributed by atoms with Crippen LogP contribution in [0.25, 0.3) is 22.4 Å². The molecule has 2 aliphatic rings. The van der Waals surface area contributed by atoms with Crippen LogP contribution in [-0.4, -0.2) is 49.5 Å². The van der Waals surface area contributed by atoms with Gasteiger partial charge in [0, 0.05) is 43.5 Å². The predicted octanol–water partition coefficient (Wildman–Crippen LogP) is 2.02. The maximum Gasteiger partial charge on any atom is 0.164 e. The van der Waals surface area contributed by atoms with Crippen molar-refractivity contribution >= 4 is 16.9 Å². The lowest BCUT2D eigenvalue weighted by molar-refractivity contribution is 0.121. The molecule has 7 heteroatoms. The van der Waals surface area contributed by atoms with Crippen molar-refractivity contribution in [3.05, 3.63) is 30.7 Å². The number of aliphatic hydroxyl groups is 1. The van der Waals surface area contributed by atoms with Crippen LogP contribution < -0.4 is 4.90 Å². The van der Waals surface area contributed by atoms with Gasteiger partial charge >= 0.3 is 0 Å². The molecule has 0 radical (unpaired) electrons. The van der Waals surface area contributed by atoms with E-state index >= 15 is 0 Å². The van der Waals surface area contributed by atoms with Gasteiger partial charge in [0.2, 0.25) is 0 Å². The van der Waals surface area contributed by atoms with Gasteiger partial charge in [0.15, 0.2) is 11.5 Å². The maximum absolute atomic E-state index is 10.1. The summed E-state index contributed by atoms with van der Waals surface area (Å²) < 4.78 is 1.80. The molecule has 0 unspecified atom stereocenters. The lowest BCUT2D eigenvalue weighted by Crippen LogP contribution is -2.31. The minimum atomic E-state index is 0.0241. The average Bonchev–Trinajstić information content (AvgIpc) is 3.34. The Morgan fingerprint density at radius 2 is 2.12 bits per heavy atom. The van der Waals surface area contributed by atoms with Crippen LogP contribution in [0.5, 0.6) is 0 Å². The van der Waals surface area contributed by atoms with Crippen LogP contribution in [0.1, 0.15) is 19.3 Å². The summed E-state index contributed by atoms with van der Waals surface area (Å²) in [5.74, 6) is 2.16. The van der Waals surface area contributed by atoms with Crippen LogP contribution in [0.4, 0.5) is 5.82 Å². The molecule has 1 aliphatic carbocycles. The van der Waals surface area contributed by atoms with E-state index in [1.807, 2.05) is 25.4 Å². The molecule has 2 fully saturated rings. The molecule has 4 heterocycles. The van der Waals surface area contributed by atoms with Crippen molar-refractivity contribution in [1.82, 2.24) is 24.7 Å². The Morgan fingerprint density at radius 3 is 2.88 bits per heavy atom. The first kappa shape index (κ1) is 15.7. The molecule has 1 aliphatic heterocycles. The summed E-state index contributed by atoms with van der Waals surface area (Å²) in [7, 11) is 1.91. The zero-order valence-electron chi connectivity index (χ0n) is 14.8. The molecule has 134 valence electrons. The fraction of sp³-hybridized carbons (Fsp3) is 0.474. The van der Waals surface area contributed by atoms with E-state index in [-0.39, 0.29) is 12.0 Å². The highest BCUT2D eigenvalue weighted by Gasteiger charge is 2.49. The number of pyridine rings is 1. The van der Waals surface area contributed by atoms with E-state index in [1.165, 1.54) is 12.8 Å². The van der Waals surface area contributed by atoms with E-state index in [2.05, 4.69) is 15.0 Å². The molecule has 0 spiro atoms. The molecule has 1 saturated carbocycles. The van der Waals surface area contributed by atoms with E-state index in [1.54, 1.807) is 17.1 Å². The highest BCUT2D eigenvalue weighted by Crippen LogP contribution is 2.49. The van der Waals surface area contributed by atoms with Gasteiger partial charge in [-0.15, -0.1) is 0 Å². The Kier molecular flexibility index (Phi) is 3.46. The first-order valence-corrected chi connectivity index (χ1v) is 9.16. The molecule has 0 amide bonds. The normalized spacial score (nSPS) is 25.2. The number of rotatable bonds is 3. The van der Waals surface area contributed by atoms with Crippen molar-refractivity contribution in [1.29, 1.82) is 0 Å². The summed E-state index contributed by atoms with van der Waals surface area (Å²) in [6.45, 7) is 2.05. The molecule has 7 nitrogen and oxygen atoms in total. The third-order valence-corrected chi connectivity index (χ3v) is 6.16. The van der Waals surface area contributed by atoms with Crippen molar-refractivity contribution in [2.24, 2.45) is 18.4 Å². The Hall–Kier alpha value is -2.54. The average molecular weight is 350 g/mol. The Labute approximate surface area is 151 Å². The van der Waals surface area contributed by atoms with Gasteiger partial charge in [0.1, 0.15) is 5.82 Å². The van der Waals surface area contributed by atoms with Crippen molar-refractivity contribution in [3.63, 3.8) is 0 Å². The Bertz CT molecular complexity index is 955. The standard InChI is InChI=1S/C19H22N6O/c1-24-17-15(9-21-24)18(23-16(22-17)13-4-7-20-8-5-13)25-10-14-3-2-6-19(14,11-25)12-26/h4-5,7-9,14,26H,2-3,6,10-12H2,1H3/t14-,19+/m1/s1. The van der Waals surface area contributed by atoms with Gasteiger partial charge in [-0.2, -0.15) is 5.10 Å². The van der Waals surface area contributed by atoms with Gasteiger partial charge in [0.25, 0.3) is 0 Å². The van der Waals surface area contributed by atoms with Crippen molar-refractivity contribution in [3.8, 4) is 11.4 Å². The molecule has 26 heavy (non-hydrogen) atoms. The van der Waals surface area contributed by atoms with Crippen molar-refractivity contribution < 1.29 is 5.11 Å². The van der Waals surface area contributed by atoms with Crippen LogP contribution in [-0.2, 0) is 7.05 Å². The minimum Gasteiger partial charge on any atom is -0.396 e. The van der Waals surface area contributed by atoms with Gasteiger partial charge in [-0.3, -0.25) is 9.67 Å². The summed E-state index contributed by atoms with van der Waals surface area (Å²) in [6, 6.07) is 3.85. The van der Waals surface area contributed by atoms with Gasteiger partial charge in [-0.25, -0.2) is 9.97 Å². The van der Waals surface area contributed by atoms with E-state index in [0.717, 1.165) is 41.9 Å². The molecule has 0 bridgehead atoms. The second-order valence-electron chi connectivity index (χ2n) is 7.60. The van der Waals surface area contributed by atoms with Crippen LogP contribution in [0.3, 0.4) is 0 Å². The first-order valence-electron chi connectivity index (χ1n) is 9.16. The van der Waals surface area contributed by atoms with Crippen molar-refractivity contribution in [2.45, 2.75) is 19.3 Å². The SMILES string of the molecule is Cn1ncc2c(N3C[C@H]4CCC[C@@]4(CO)C3)nc(-c3ccncc3)nc21. The zero-order chi connectivity index (χ0) is 17.7. The monoisotopic (exact) mass is 350 g/mol. The minimum absolute atomic E-state index is 0.0241. The van der Waals surface area contributed by atoms with Crippen LogP contribution in [0.15, 0.2) is 30.7 Å². The number of hydrogen-bond donors (Lipinski definition) is 1. The Balaban J connectivity index is 1.63. The number of nitrogens with zero attached hydrogens (tertiary/aromatic N) is 6. The summed E-state index contributed by atoms with van der Waals surface area (Å²) in [4.78, 5) is 16.1. The van der Waals surface area contributed by atoms with Crippen LogP contribution in [0.2, 0.25) is 0 Å². The van der Waals surface area contributed by atoms with Gasteiger partial charge in [-0.1, -0.05) is 6.42 Å². The van der Waals surface area contributed by atoms with E-state index in [4.69, 9.17) is 9.97 Å². The second-order valence-corrected chi connectivity index (χ2v) is 7.60. The fourth-order valence-corrected chi connectivity index (χ4v) is 4.71. The van der Waals surface area contributed by atoms with Crippen LogP contribution in [0, 0.1) is 11.3 Å². The van der Waals surface area contributed by atoms with E-state index in [0.29, 0.717) is 11.7 Å². The molecule has 1 N–H and O–H groups in total. The number of aryl methyl sites for hydroxylation is 1. The fourth-order valence-electron chi connectivity index (χ4n) is 4.71. The smallest absolute Gasteiger partial charge is 0.164 e. The largest absolute Gasteiger partial charge is 0.396 e. The highest BCUT2D eigenvalue weighted by atomic mass is 16.3. The predicted molar refractivity (Wildman–Crippen MR) is 98.6 cm³/mol. The number of aliphatic hydroxyl groups excluding tert-OH is 1. The second kappa shape index (κ2) is 5.74. The molecule has 2 atom stereocenters. The molecule has 0 aromatic carbocycles. The van der Waals surface area contributed by atoms with Gasteiger partial charge < -0.3 is 10.0 Å². The topological polar surface area (TPSA) is 80.0 Å². The van der Waals surface area contributed by atoms with E-state index in [9.17, 15) is 5.11 Å². The van der Waals surface area contributed by atoms with Crippen molar-refractivity contribution in [2.75, 3.05) is 24.6 Å². The summed E-state index contributed by atoms with van der Waals surface area (Å²) >= 11 is 0. The number of aromatic nitrogens is 5. The molecule has 3 aromatic rings. The summed E-state index contributed by atoms with van der Waals surface area (Å²) in [6.07, 6.45) is 8.87. The highest BCUT2D eigenvalue weighted by molar-refractivity contribution is 5.88. The molecule has 3 aromatic heterocycles. The Morgan fingerprint density at radius 1 is 1.27 bits per heavy atom. The molecular formula is C19H22N6O. The zero-order valence-corrected chi connectivity index (χ0v) is 14.8. The summed E-state index contributed by atoms with van der Waals surface area (Å²) in [5.41, 5.74) is 1.80. The van der Waals surface area contributed by atoms with Gasteiger partial charge in [0.05, 0.1) is 18.2 Å². The van der Waals surface area contributed by atoms with E-state index < -0.39 is 0 Å². The quantitative estimate of drug-likeness (QED) is 0.778.